The summed E-state index contributed by atoms with van der Waals surface area (Å²) >= 11 is 0. The Bertz CT molecular complexity index is 1100. The number of carbonyl (C=O) groups excluding carboxylic acids is 1. The summed E-state index contributed by atoms with van der Waals surface area (Å²) in [4.78, 5) is 45.3. The number of hydrogen-bond acceptors (Lipinski definition) is 6. The number of amides is 1. The van der Waals surface area contributed by atoms with Crippen LogP contribution in [0.1, 0.15) is 12.2 Å². The standard InChI is InChI=1S/C15H22N6O5S/c1-18-13-12(14(23)19(2)15(18)24)16-10(17-13)4-5-11(22)20-6-8-21(9-7-20)27(3,25)26/h4-9H2,1-3H3,(H,16,17). The number of carbonyl (C=O) groups is 1. The highest BCUT2D eigenvalue weighted by Gasteiger charge is 2.26. The van der Waals surface area contributed by atoms with Gasteiger partial charge in [0.25, 0.3) is 5.56 Å². The fourth-order valence-electron chi connectivity index (χ4n) is 3.14. The lowest BCUT2D eigenvalue weighted by Crippen LogP contribution is -2.50. The second kappa shape index (κ2) is 6.93. The molecule has 0 bridgehead atoms. The molecular formula is C15H22N6O5S. The molecule has 1 N–H and O–H groups in total. The summed E-state index contributed by atoms with van der Waals surface area (Å²) in [5.41, 5.74) is -0.448. The van der Waals surface area contributed by atoms with Gasteiger partial charge in [-0.1, -0.05) is 0 Å². The number of piperazine rings is 1. The van der Waals surface area contributed by atoms with Gasteiger partial charge in [-0.3, -0.25) is 18.7 Å². The molecule has 0 atom stereocenters. The van der Waals surface area contributed by atoms with Crippen molar-refractivity contribution >= 4 is 27.1 Å². The van der Waals surface area contributed by atoms with Crippen molar-refractivity contribution in [2.75, 3.05) is 32.4 Å². The van der Waals surface area contributed by atoms with Crippen molar-refractivity contribution in [1.29, 1.82) is 0 Å². The average Bonchev–Trinajstić information content (AvgIpc) is 3.06. The summed E-state index contributed by atoms with van der Waals surface area (Å²) in [6, 6.07) is 0. The first-order chi connectivity index (χ1) is 12.6. The Kier molecular flexibility index (Phi) is 4.95. The zero-order valence-corrected chi connectivity index (χ0v) is 16.2. The van der Waals surface area contributed by atoms with Gasteiger partial charge in [0.2, 0.25) is 15.9 Å². The van der Waals surface area contributed by atoms with Crippen molar-refractivity contribution in [3.05, 3.63) is 26.7 Å². The molecule has 1 amide bonds. The van der Waals surface area contributed by atoms with Crippen molar-refractivity contribution < 1.29 is 13.2 Å². The second-order valence-corrected chi connectivity index (χ2v) is 8.61. The number of aryl methyl sites for hydroxylation is 2. The zero-order chi connectivity index (χ0) is 19.9. The Morgan fingerprint density at radius 2 is 1.74 bits per heavy atom. The maximum Gasteiger partial charge on any atom is 0.332 e. The van der Waals surface area contributed by atoms with E-state index in [0.717, 1.165) is 10.8 Å². The largest absolute Gasteiger partial charge is 0.340 e. The Labute approximate surface area is 155 Å². The Balaban J connectivity index is 1.68. The summed E-state index contributed by atoms with van der Waals surface area (Å²) in [5, 5.41) is 0. The van der Waals surface area contributed by atoms with Crippen molar-refractivity contribution in [2.24, 2.45) is 14.1 Å². The van der Waals surface area contributed by atoms with Gasteiger partial charge in [-0.2, -0.15) is 4.31 Å². The highest BCUT2D eigenvalue weighted by Crippen LogP contribution is 2.10. The molecule has 0 aliphatic carbocycles. The minimum Gasteiger partial charge on any atom is -0.340 e. The molecule has 3 heterocycles. The van der Waals surface area contributed by atoms with E-state index in [4.69, 9.17) is 0 Å². The maximum atomic E-state index is 12.4. The summed E-state index contributed by atoms with van der Waals surface area (Å²) < 4.78 is 26.7. The number of imidazole rings is 1. The number of H-pyrrole nitrogens is 1. The van der Waals surface area contributed by atoms with Crippen LogP contribution in [0.2, 0.25) is 0 Å². The second-order valence-electron chi connectivity index (χ2n) is 6.63. The fourth-order valence-corrected chi connectivity index (χ4v) is 3.97. The van der Waals surface area contributed by atoms with Crippen LogP contribution in [-0.4, -0.2) is 75.1 Å². The van der Waals surface area contributed by atoms with Gasteiger partial charge in [-0.25, -0.2) is 18.2 Å². The molecule has 1 aliphatic heterocycles. The van der Waals surface area contributed by atoms with E-state index >= 15 is 0 Å². The lowest BCUT2D eigenvalue weighted by atomic mass is 10.2. The summed E-state index contributed by atoms with van der Waals surface area (Å²) in [7, 11) is -0.317. The van der Waals surface area contributed by atoms with Gasteiger partial charge >= 0.3 is 5.69 Å². The molecule has 1 aliphatic rings. The minimum absolute atomic E-state index is 0.106. The molecule has 3 rings (SSSR count). The van der Waals surface area contributed by atoms with Crippen molar-refractivity contribution in [3.63, 3.8) is 0 Å². The van der Waals surface area contributed by atoms with Crippen LogP contribution in [0.15, 0.2) is 9.59 Å². The van der Waals surface area contributed by atoms with E-state index in [2.05, 4.69) is 9.97 Å². The number of aromatic nitrogens is 4. The molecule has 27 heavy (non-hydrogen) atoms. The van der Waals surface area contributed by atoms with E-state index < -0.39 is 21.3 Å². The van der Waals surface area contributed by atoms with Crippen LogP contribution in [0, 0.1) is 0 Å². The van der Waals surface area contributed by atoms with Crippen LogP contribution in [0.25, 0.3) is 11.2 Å². The maximum absolute atomic E-state index is 12.4. The number of hydrogen-bond donors (Lipinski definition) is 1. The zero-order valence-electron chi connectivity index (χ0n) is 15.4. The predicted octanol–water partition coefficient (Wildman–Crippen LogP) is -2.00. The molecule has 11 nitrogen and oxygen atoms in total. The van der Waals surface area contributed by atoms with Crippen LogP contribution in [0.3, 0.4) is 0 Å². The SMILES string of the molecule is Cn1c(=O)c2[nH]c(CCC(=O)N3CCN(S(C)(=O)=O)CC3)nc2n(C)c1=O. The van der Waals surface area contributed by atoms with Crippen molar-refractivity contribution in [3.8, 4) is 0 Å². The van der Waals surface area contributed by atoms with Gasteiger partial charge in [0.1, 0.15) is 11.3 Å². The van der Waals surface area contributed by atoms with Gasteiger partial charge in [0, 0.05) is 53.1 Å². The van der Waals surface area contributed by atoms with Crippen LogP contribution < -0.4 is 11.2 Å². The summed E-state index contributed by atoms with van der Waals surface area (Å²) in [6.07, 6.45) is 1.62. The van der Waals surface area contributed by atoms with Crippen LogP contribution >= 0.6 is 0 Å². The molecular weight excluding hydrogens is 376 g/mol. The van der Waals surface area contributed by atoms with E-state index in [1.165, 1.54) is 23.0 Å². The molecule has 0 radical (unpaired) electrons. The third-order valence-electron chi connectivity index (χ3n) is 4.78. The first kappa shape index (κ1) is 19.3. The molecule has 1 saturated heterocycles. The lowest BCUT2D eigenvalue weighted by molar-refractivity contribution is -0.132. The summed E-state index contributed by atoms with van der Waals surface area (Å²) in [6.45, 7) is 1.27. The minimum atomic E-state index is -3.24. The smallest absolute Gasteiger partial charge is 0.332 e. The number of nitrogens with one attached hydrogen (secondary N) is 1. The Morgan fingerprint density at radius 3 is 2.33 bits per heavy atom. The Morgan fingerprint density at radius 1 is 1.11 bits per heavy atom. The van der Waals surface area contributed by atoms with Gasteiger partial charge in [0.15, 0.2) is 5.65 Å². The molecule has 12 heteroatoms. The van der Waals surface area contributed by atoms with E-state index in [0.29, 0.717) is 18.9 Å². The number of sulfonamides is 1. The molecule has 1 fully saturated rings. The molecule has 2 aromatic heterocycles. The molecule has 0 saturated carbocycles. The molecule has 0 aromatic carbocycles. The normalized spacial score (nSPS) is 16.2. The van der Waals surface area contributed by atoms with Crippen molar-refractivity contribution in [1.82, 2.24) is 28.3 Å². The number of aromatic amines is 1. The van der Waals surface area contributed by atoms with Crippen LogP contribution in [0.5, 0.6) is 0 Å². The van der Waals surface area contributed by atoms with Gasteiger partial charge in [-0.15, -0.1) is 0 Å². The molecule has 2 aromatic rings. The van der Waals surface area contributed by atoms with Crippen molar-refractivity contribution in [2.45, 2.75) is 12.8 Å². The quantitative estimate of drug-likeness (QED) is 0.634. The Hall–Kier alpha value is -2.47. The van der Waals surface area contributed by atoms with Crippen LogP contribution in [0.4, 0.5) is 0 Å². The van der Waals surface area contributed by atoms with E-state index in [-0.39, 0.29) is 43.0 Å². The predicted molar refractivity (Wildman–Crippen MR) is 97.9 cm³/mol. The van der Waals surface area contributed by atoms with E-state index in [9.17, 15) is 22.8 Å². The van der Waals surface area contributed by atoms with Gasteiger partial charge in [0.05, 0.1) is 6.26 Å². The first-order valence-electron chi connectivity index (χ1n) is 8.47. The van der Waals surface area contributed by atoms with Crippen LogP contribution in [-0.2, 0) is 35.3 Å². The van der Waals surface area contributed by atoms with Gasteiger partial charge in [-0.05, 0) is 0 Å². The molecule has 0 spiro atoms. The first-order valence-corrected chi connectivity index (χ1v) is 10.3. The third-order valence-corrected chi connectivity index (χ3v) is 6.08. The fraction of sp³-hybridized carbons (Fsp3) is 0.600. The van der Waals surface area contributed by atoms with E-state index in [1.54, 1.807) is 4.90 Å². The monoisotopic (exact) mass is 398 g/mol. The molecule has 148 valence electrons. The van der Waals surface area contributed by atoms with Gasteiger partial charge < -0.3 is 9.88 Å². The highest BCUT2D eigenvalue weighted by atomic mass is 32.2. The third kappa shape index (κ3) is 3.67. The average molecular weight is 398 g/mol. The number of nitrogens with zero attached hydrogens (tertiary/aromatic N) is 5. The molecule has 0 unspecified atom stereocenters. The lowest BCUT2D eigenvalue weighted by Gasteiger charge is -2.33. The highest BCUT2D eigenvalue weighted by molar-refractivity contribution is 7.88. The number of fused-ring (bicyclic) bond motifs is 1. The van der Waals surface area contributed by atoms with E-state index in [1.807, 2.05) is 0 Å². The summed E-state index contributed by atoms with van der Waals surface area (Å²) in [5.74, 6) is 0.344. The number of rotatable bonds is 4. The topological polar surface area (TPSA) is 130 Å².